The fourth-order valence-corrected chi connectivity index (χ4v) is 5.71. The van der Waals surface area contributed by atoms with Gasteiger partial charge in [-0.25, -0.2) is 0 Å². The van der Waals surface area contributed by atoms with Crippen LogP contribution in [-0.2, 0) is 10.3 Å². The molecule has 4 bridgehead atoms. The fraction of sp³-hybridized carbons (Fsp3) is 0.700. The van der Waals surface area contributed by atoms with Gasteiger partial charge < -0.3 is 4.74 Å². The van der Waals surface area contributed by atoms with Crippen LogP contribution in [0.2, 0.25) is 0 Å². The Bertz CT molecular complexity index is 490. The average molecular weight is 284 g/mol. The molecule has 1 heteroatoms. The van der Waals surface area contributed by atoms with Gasteiger partial charge in [0.2, 0.25) is 0 Å². The van der Waals surface area contributed by atoms with E-state index in [4.69, 9.17) is 4.74 Å². The average Bonchev–Trinajstić information content (AvgIpc) is 2.36. The third-order valence-corrected chi connectivity index (χ3v) is 6.20. The first kappa shape index (κ1) is 13.8. The molecule has 0 aromatic heterocycles. The third-order valence-electron chi connectivity index (χ3n) is 6.20. The summed E-state index contributed by atoms with van der Waals surface area (Å²) in [5.41, 5.74) is 2.66. The molecule has 0 amide bonds. The van der Waals surface area contributed by atoms with Crippen LogP contribution in [0.15, 0.2) is 24.3 Å². The van der Waals surface area contributed by atoms with Crippen LogP contribution >= 0.6 is 0 Å². The molecule has 0 spiro atoms. The second kappa shape index (κ2) is 4.59. The van der Waals surface area contributed by atoms with E-state index in [9.17, 15) is 0 Å². The summed E-state index contributed by atoms with van der Waals surface area (Å²) in [5.74, 6) is 2.85. The molecule has 4 aliphatic carbocycles. The molecule has 0 N–H and O–H groups in total. The molecule has 5 rings (SSSR count). The van der Waals surface area contributed by atoms with E-state index in [-0.39, 0.29) is 11.2 Å². The number of hydrogen-bond donors (Lipinski definition) is 0. The zero-order valence-corrected chi connectivity index (χ0v) is 13.7. The Morgan fingerprint density at radius 2 is 1.38 bits per heavy atom. The molecule has 4 fully saturated rings. The smallest absolute Gasteiger partial charge is 0.0882 e. The largest absolute Gasteiger partial charge is 0.364 e. The molecule has 0 unspecified atom stereocenters. The lowest BCUT2D eigenvalue weighted by Crippen LogP contribution is -2.54. The van der Waals surface area contributed by atoms with Crippen molar-refractivity contribution in [3.8, 4) is 0 Å². The summed E-state index contributed by atoms with van der Waals surface area (Å²) in [7, 11) is 0. The lowest BCUT2D eigenvalue weighted by molar-refractivity contribution is -0.219. The van der Waals surface area contributed by atoms with E-state index in [2.05, 4.69) is 45.0 Å². The van der Waals surface area contributed by atoms with Crippen molar-refractivity contribution in [3.63, 3.8) is 0 Å². The summed E-state index contributed by atoms with van der Waals surface area (Å²) >= 11 is 0. The summed E-state index contributed by atoms with van der Waals surface area (Å²) in [6.45, 7) is 6.67. The van der Waals surface area contributed by atoms with Crippen LogP contribution in [0, 0.1) is 24.7 Å². The van der Waals surface area contributed by atoms with Gasteiger partial charge in [0.1, 0.15) is 0 Å². The molecule has 114 valence electrons. The lowest BCUT2D eigenvalue weighted by Gasteiger charge is -2.58. The zero-order chi connectivity index (χ0) is 14.7. The SMILES string of the molecule is Cc1ccc(C(C)(C)OC23CC4CC(CC(C4)C2)C3)cc1. The van der Waals surface area contributed by atoms with E-state index < -0.39 is 0 Å². The molecule has 0 radical (unpaired) electrons. The van der Waals surface area contributed by atoms with Gasteiger partial charge in [-0.05, 0) is 82.6 Å². The Balaban J connectivity index is 1.58. The minimum Gasteiger partial charge on any atom is -0.364 e. The molecule has 1 aromatic carbocycles. The summed E-state index contributed by atoms with van der Waals surface area (Å²) in [5, 5.41) is 0. The van der Waals surface area contributed by atoms with E-state index in [0.717, 1.165) is 17.8 Å². The van der Waals surface area contributed by atoms with Gasteiger partial charge in [-0.15, -0.1) is 0 Å². The number of rotatable bonds is 3. The van der Waals surface area contributed by atoms with Crippen molar-refractivity contribution in [2.75, 3.05) is 0 Å². The maximum absolute atomic E-state index is 6.86. The van der Waals surface area contributed by atoms with Crippen molar-refractivity contribution in [1.82, 2.24) is 0 Å². The molecule has 21 heavy (non-hydrogen) atoms. The molecule has 1 aromatic rings. The topological polar surface area (TPSA) is 9.23 Å². The maximum Gasteiger partial charge on any atom is 0.0882 e. The third kappa shape index (κ3) is 2.44. The molecule has 0 atom stereocenters. The highest BCUT2D eigenvalue weighted by Crippen LogP contribution is 2.58. The van der Waals surface area contributed by atoms with E-state index in [0.29, 0.717) is 0 Å². The summed E-state index contributed by atoms with van der Waals surface area (Å²) in [6.07, 6.45) is 8.38. The van der Waals surface area contributed by atoms with Gasteiger partial charge in [0.25, 0.3) is 0 Å². The van der Waals surface area contributed by atoms with Crippen molar-refractivity contribution in [3.05, 3.63) is 35.4 Å². The minimum absolute atomic E-state index is 0.167. The Morgan fingerprint density at radius 1 is 0.905 bits per heavy atom. The minimum atomic E-state index is -0.167. The zero-order valence-electron chi connectivity index (χ0n) is 13.7. The van der Waals surface area contributed by atoms with Crippen molar-refractivity contribution >= 4 is 0 Å². The lowest BCUT2D eigenvalue weighted by atomic mass is 9.54. The van der Waals surface area contributed by atoms with E-state index >= 15 is 0 Å². The molecule has 1 nitrogen and oxygen atoms in total. The van der Waals surface area contributed by atoms with E-state index in [1.54, 1.807) is 0 Å². The second-order valence-corrected chi connectivity index (χ2v) is 8.58. The quantitative estimate of drug-likeness (QED) is 0.740. The Morgan fingerprint density at radius 3 is 1.86 bits per heavy atom. The van der Waals surface area contributed by atoms with Crippen LogP contribution < -0.4 is 0 Å². The number of ether oxygens (including phenoxy) is 1. The first-order valence-corrected chi connectivity index (χ1v) is 8.71. The molecule has 4 aliphatic rings. The van der Waals surface area contributed by atoms with Gasteiger partial charge in [-0.1, -0.05) is 29.8 Å². The highest BCUT2D eigenvalue weighted by Gasteiger charge is 2.53. The monoisotopic (exact) mass is 284 g/mol. The molecule has 0 saturated heterocycles. The van der Waals surface area contributed by atoms with Crippen LogP contribution in [0.3, 0.4) is 0 Å². The number of benzene rings is 1. The van der Waals surface area contributed by atoms with Gasteiger partial charge in [0.05, 0.1) is 11.2 Å². The molecular formula is C20H28O. The summed E-state index contributed by atoms with van der Waals surface area (Å²) < 4.78 is 6.86. The van der Waals surface area contributed by atoms with Crippen molar-refractivity contribution in [2.45, 2.75) is 70.5 Å². The molecule has 4 saturated carbocycles. The van der Waals surface area contributed by atoms with Crippen LogP contribution in [0.1, 0.15) is 63.5 Å². The first-order chi connectivity index (χ1) is 9.94. The standard InChI is InChI=1S/C20H28O/c1-14-4-6-18(7-5-14)19(2,3)21-20-11-15-8-16(12-20)10-17(9-15)13-20/h4-7,15-17H,8-13H2,1-3H3. The molecule has 0 heterocycles. The Hall–Kier alpha value is -0.820. The van der Waals surface area contributed by atoms with Crippen molar-refractivity contribution < 1.29 is 4.74 Å². The summed E-state index contributed by atoms with van der Waals surface area (Å²) in [4.78, 5) is 0. The van der Waals surface area contributed by atoms with E-state index in [1.165, 1.54) is 49.7 Å². The van der Waals surface area contributed by atoms with E-state index in [1.807, 2.05) is 0 Å². The Kier molecular flexibility index (Phi) is 3.02. The molecular weight excluding hydrogens is 256 g/mol. The second-order valence-electron chi connectivity index (χ2n) is 8.58. The van der Waals surface area contributed by atoms with Gasteiger partial charge >= 0.3 is 0 Å². The number of hydrogen-bond acceptors (Lipinski definition) is 1. The fourth-order valence-electron chi connectivity index (χ4n) is 5.71. The normalized spacial score (nSPS) is 38.0. The van der Waals surface area contributed by atoms with Crippen LogP contribution in [0.4, 0.5) is 0 Å². The van der Waals surface area contributed by atoms with Crippen LogP contribution in [-0.4, -0.2) is 5.60 Å². The number of aryl methyl sites for hydroxylation is 1. The predicted octanol–water partition coefficient (Wildman–Crippen LogP) is 5.22. The van der Waals surface area contributed by atoms with Gasteiger partial charge in [0.15, 0.2) is 0 Å². The highest BCUT2D eigenvalue weighted by molar-refractivity contribution is 5.26. The first-order valence-electron chi connectivity index (χ1n) is 8.71. The van der Waals surface area contributed by atoms with Gasteiger partial charge in [0, 0.05) is 0 Å². The van der Waals surface area contributed by atoms with Crippen molar-refractivity contribution in [2.24, 2.45) is 17.8 Å². The highest BCUT2D eigenvalue weighted by atomic mass is 16.5. The summed E-state index contributed by atoms with van der Waals surface area (Å²) in [6, 6.07) is 8.91. The predicted molar refractivity (Wildman–Crippen MR) is 86.2 cm³/mol. The van der Waals surface area contributed by atoms with Gasteiger partial charge in [-0.2, -0.15) is 0 Å². The Labute approximate surface area is 129 Å². The van der Waals surface area contributed by atoms with Crippen LogP contribution in [0.5, 0.6) is 0 Å². The van der Waals surface area contributed by atoms with Gasteiger partial charge in [-0.3, -0.25) is 0 Å². The van der Waals surface area contributed by atoms with Crippen LogP contribution in [0.25, 0.3) is 0 Å². The maximum atomic E-state index is 6.86. The van der Waals surface area contributed by atoms with Crippen molar-refractivity contribution in [1.29, 1.82) is 0 Å². The molecule has 0 aliphatic heterocycles.